The summed E-state index contributed by atoms with van der Waals surface area (Å²) in [5.41, 5.74) is 2.72. The van der Waals surface area contributed by atoms with Gasteiger partial charge in [-0.05, 0) is 47.9 Å². The molecule has 2 aromatic rings. The Balaban J connectivity index is 2.02. The first-order valence-electron chi connectivity index (χ1n) is 10.6. The maximum atomic E-state index is 12.1. The van der Waals surface area contributed by atoms with Crippen molar-refractivity contribution in [3.63, 3.8) is 0 Å². The lowest BCUT2D eigenvalue weighted by atomic mass is 9.99. The van der Waals surface area contributed by atoms with Gasteiger partial charge < -0.3 is 23.7 Å². The van der Waals surface area contributed by atoms with Crippen molar-refractivity contribution in [2.24, 2.45) is 0 Å². The molecule has 0 N–H and O–H groups in total. The van der Waals surface area contributed by atoms with Gasteiger partial charge in [0.15, 0.2) is 0 Å². The lowest BCUT2D eigenvalue weighted by Crippen LogP contribution is -2.12. The number of aromatic nitrogens is 1. The second kappa shape index (κ2) is 14.0. The first kappa shape index (κ1) is 27.7. The molecule has 0 amide bonds. The van der Waals surface area contributed by atoms with Gasteiger partial charge in [0.2, 0.25) is 0 Å². The predicted molar refractivity (Wildman–Crippen MR) is 124 cm³/mol. The van der Waals surface area contributed by atoms with E-state index in [1.165, 1.54) is 7.11 Å². The molecule has 0 saturated heterocycles. The van der Waals surface area contributed by atoms with Gasteiger partial charge in [0, 0.05) is 7.11 Å². The maximum Gasteiger partial charge on any atom is 0.356 e. The number of benzene rings is 1. The van der Waals surface area contributed by atoms with Crippen LogP contribution in [0, 0.1) is 6.92 Å². The second-order valence-corrected chi connectivity index (χ2v) is 8.88. The number of aryl methyl sites for hydroxylation is 1. The Bertz CT molecular complexity index is 1040. The molecule has 0 fully saturated rings. The number of pyridine rings is 1. The molecule has 0 bridgehead atoms. The standard InChI is InChI=1S/C23H31NO9S/c1-17-13-20(32-12-11-31-10-9-30-8-7-28-2)5-6-21(17)18-14-19(16-33-34(4,26)27)24-22(15-18)23(25)29-3/h5-6,13-15H,7-12,16H2,1-4H3. The lowest BCUT2D eigenvalue weighted by molar-refractivity contribution is 0.0180. The van der Waals surface area contributed by atoms with Crippen LogP contribution >= 0.6 is 0 Å². The van der Waals surface area contributed by atoms with Crippen LogP contribution in [0.1, 0.15) is 21.7 Å². The molecule has 11 heteroatoms. The molecule has 0 spiro atoms. The highest BCUT2D eigenvalue weighted by atomic mass is 32.2. The van der Waals surface area contributed by atoms with E-state index >= 15 is 0 Å². The normalized spacial score (nSPS) is 11.4. The van der Waals surface area contributed by atoms with Crippen molar-refractivity contribution in [3.05, 3.63) is 47.3 Å². The van der Waals surface area contributed by atoms with E-state index in [2.05, 4.69) is 4.98 Å². The summed E-state index contributed by atoms with van der Waals surface area (Å²) in [6.45, 7) is 4.46. The van der Waals surface area contributed by atoms with Crippen molar-refractivity contribution in [2.75, 3.05) is 60.1 Å². The molecule has 1 aromatic heterocycles. The van der Waals surface area contributed by atoms with Gasteiger partial charge in [0.1, 0.15) is 24.7 Å². The number of nitrogens with zero attached hydrogens (tertiary/aromatic N) is 1. The summed E-state index contributed by atoms with van der Waals surface area (Å²) in [5, 5.41) is 0. The molecule has 0 aliphatic heterocycles. The summed E-state index contributed by atoms with van der Waals surface area (Å²) in [6, 6.07) is 8.78. The van der Waals surface area contributed by atoms with Crippen molar-refractivity contribution in [1.82, 2.24) is 4.98 Å². The molecule has 0 radical (unpaired) electrons. The average Bonchev–Trinajstić information content (AvgIpc) is 2.80. The first-order chi connectivity index (χ1) is 16.2. The fourth-order valence-corrected chi connectivity index (χ4v) is 3.26. The van der Waals surface area contributed by atoms with Crippen LogP contribution in [0.15, 0.2) is 30.3 Å². The first-order valence-corrected chi connectivity index (χ1v) is 12.4. The largest absolute Gasteiger partial charge is 0.491 e. The molecule has 188 valence electrons. The topological polar surface area (TPSA) is 119 Å². The minimum Gasteiger partial charge on any atom is -0.491 e. The molecule has 1 aromatic carbocycles. The van der Waals surface area contributed by atoms with Crippen molar-refractivity contribution in [1.29, 1.82) is 0 Å². The molecule has 0 unspecified atom stereocenters. The zero-order chi connectivity index (χ0) is 25.0. The number of hydrogen-bond acceptors (Lipinski definition) is 10. The highest BCUT2D eigenvalue weighted by Gasteiger charge is 2.15. The smallest absolute Gasteiger partial charge is 0.356 e. The summed E-state index contributed by atoms with van der Waals surface area (Å²) in [7, 11) is -0.797. The van der Waals surface area contributed by atoms with E-state index in [1.807, 2.05) is 19.1 Å². The summed E-state index contributed by atoms with van der Waals surface area (Å²) in [6.07, 6.45) is 0.947. The van der Waals surface area contributed by atoms with Gasteiger partial charge in [-0.1, -0.05) is 6.07 Å². The molecule has 0 aliphatic carbocycles. The van der Waals surface area contributed by atoms with Crippen molar-refractivity contribution in [3.8, 4) is 16.9 Å². The number of esters is 1. The summed E-state index contributed by atoms with van der Waals surface area (Å²) in [4.78, 5) is 16.2. The molecule has 10 nitrogen and oxygen atoms in total. The number of ether oxygens (including phenoxy) is 5. The van der Waals surface area contributed by atoms with Crippen LogP contribution in [0.3, 0.4) is 0 Å². The molecule has 0 aliphatic rings. The van der Waals surface area contributed by atoms with Gasteiger partial charge in [0.25, 0.3) is 10.1 Å². The number of hydrogen-bond donors (Lipinski definition) is 0. The third-order valence-corrected chi connectivity index (χ3v) is 5.05. The van der Waals surface area contributed by atoms with Gasteiger partial charge in [0.05, 0.1) is 52.1 Å². The van der Waals surface area contributed by atoms with E-state index < -0.39 is 16.1 Å². The van der Waals surface area contributed by atoms with E-state index in [9.17, 15) is 13.2 Å². The fourth-order valence-electron chi connectivity index (χ4n) is 2.93. The molecular formula is C23H31NO9S. The zero-order valence-electron chi connectivity index (χ0n) is 19.9. The fraction of sp³-hybridized carbons (Fsp3) is 0.478. The SMILES string of the molecule is COCCOCCOCCOc1ccc(-c2cc(COS(C)(=O)=O)nc(C(=O)OC)c2)c(C)c1. The van der Waals surface area contributed by atoms with E-state index in [0.717, 1.165) is 17.4 Å². The highest BCUT2D eigenvalue weighted by molar-refractivity contribution is 7.85. The zero-order valence-corrected chi connectivity index (χ0v) is 20.7. The van der Waals surface area contributed by atoms with E-state index in [1.54, 1.807) is 25.3 Å². The number of methoxy groups -OCH3 is 2. The quantitative estimate of drug-likeness (QED) is 0.206. The van der Waals surface area contributed by atoms with Gasteiger partial charge in [-0.2, -0.15) is 8.42 Å². The van der Waals surface area contributed by atoms with Crippen LogP contribution in [0.2, 0.25) is 0 Å². The Kier molecular flexibility index (Phi) is 11.4. The lowest BCUT2D eigenvalue weighted by Gasteiger charge is -2.13. The molecule has 34 heavy (non-hydrogen) atoms. The Hall–Kier alpha value is -2.57. The van der Waals surface area contributed by atoms with Crippen LogP contribution in [0.5, 0.6) is 5.75 Å². The Labute approximate surface area is 200 Å². The Morgan fingerprint density at radius 1 is 0.941 bits per heavy atom. The van der Waals surface area contributed by atoms with Crippen LogP contribution in [-0.2, 0) is 39.9 Å². The number of rotatable bonds is 15. The molecular weight excluding hydrogens is 466 g/mol. The van der Waals surface area contributed by atoms with E-state index in [4.69, 9.17) is 27.9 Å². The summed E-state index contributed by atoms with van der Waals surface area (Å²) < 4.78 is 53.7. The minimum absolute atomic E-state index is 0.0511. The van der Waals surface area contributed by atoms with Crippen LogP contribution in [0.25, 0.3) is 11.1 Å². The van der Waals surface area contributed by atoms with Gasteiger partial charge in [-0.25, -0.2) is 9.78 Å². The average molecular weight is 498 g/mol. The van der Waals surface area contributed by atoms with E-state index in [0.29, 0.717) is 51.0 Å². The van der Waals surface area contributed by atoms with Gasteiger partial charge >= 0.3 is 5.97 Å². The Morgan fingerprint density at radius 3 is 2.24 bits per heavy atom. The number of carbonyl (C=O) groups is 1. The molecule has 1 heterocycles. The third kappa shape index (κ3) is 9.74. The molecule has 0 saturated carbocycles. The van der Waals surface area contributed by atoms with Gasteiger partial charge in [-0.3, -0.25) is 4.18 Å². The van der Waals surface area contributed by atoms with Crippen LogP contribution < -0.4 is 4.74 Å². The van der Waals surface area contributed by atoms with Crippen molar-refractivity contribution >= 4 is 16.1 Å². The summed E-state index contributed by atoms with van der Waals surface area (Å²) in [5.74, 6) is 0.0354. The second-order valence-electron chi connectivity index (χ2n) is 7.23. The van der Waals surface area contributed by atoms with Crippen molar-refractivity contribution in [2.45, 2.75) is 13.5 Å². The third-order valence-electron chi connectivity index (χ3n) is 4.50. The Morgan fingerprint density at radius 2 is 1.62 bits per heavy atom. The van der Waals surface area contributed by atoms with Crippen LogP contribution in [0.4, 0.5) is 0 Å². The molecule has 2 rings (SSSR count). The van der Waals surface area contributed by atoms with Crippen LogP contribution in [-0.4, -0.2) is 79.5 Å². The minimum atomic E-state index is -3.67. The maximum absolute atomic E-state index is 12.1. The number of carbonyl (C=O) groups excluding carboxylic acids is 1. The summed E-state index contributed by atoms with van der Waals surface area (Å²) >= 11 is 0. The van der Waals surface area contributed by atoms with E-state index in [-0.39, 0.29) is 18.0 Å². The van der Waals surface area contributed by atoms with Crippen molar-refractivity contribution < 1.29 is 41.1 Å². The monoisotopic (exact) mass is 497 g/mol. The molecule has 0 atom stereocenters. The predicted octanol–water partition coefficient (Wildman–Crippen LogP) is 2.38. The van der Waals surface area contributed by atoms with Gasteiger partial charge in [-0.15, -0.1) is 0 Å². The highest BCUT2D eigenvalue weighted by Crippen LogP contribution is 2.28.